The fraction of sp³-hybridized carbons (Fsp3) is 0.467. The van der Waals surface area contributed by atoms with Gasteiger partial charge in [0.1, 0.15) is 0 Å². The Morgan fingerprint density at radius 3 is 2.29 bits per heavy atom. The topological polar surface area (TPSA) is 0 Å². The highest BCUT2D eigenvalue weighted by atomic mass is 79.9. The maximum Gasteiger partial charge on any atom is 0.0229 e. The van der Waals surface area contributed by atoms with Gasteiger partial charge in [-0.05, 0) is 23.3 Å². The van der Waals surface area contributed by atoms with E-state index >= 15 is 0 Å². The third-order valence-electron chi connectivity index (χ3n) is 2.51. The predicted molar refractivity (Wildman–Crippen MR) is 83.5 cm³/mol. The summed E-state index contributed by atoms with van der Waals surface area (Å²) in [5, 5.41) is 0. The first-order valence-corrected chi connectivity index (χ1v) is 8.10. The number of hydrogen-bond acceptors (Lipinski definition) is 1. The molecule has 0 nitrogen and oxygen atoms in total. The van der Waals surface area contributed by atoms with E-state index in [4.69, 9.17) is 0 Å². The Morgan fingerprint density at radius 2 is 1.71 bits per heavy atom. The first-order valence-electron chi connectivity index (χ1n) is 6.32. The van der Waals surface area contributed by atoms with Gasteiger partial charge in [-0.25, -0.2) is 0 Å². The Kier molecular flexibility index (Phi) is 7.70. The molecular formula is C15H21BrS. The second kappa shape index (κ2) is 8.82. The van der Waals surface area contributed by atoms with Crippen LogP contribution in [0.5, 0.6) is 0 Å². The lowest BCUT2D eigenvalue weighted by atomic mass is 10.2. The Morgan fingerprint density at radius 1 is 1.06 bits per heavy atom. The monoisotopic (exact) mass is 312 g/mol. The number of rotatable bonds is 7. The van der Waals surface area contributed by atoms with Crippen molar-refractivity contribution in [3.8, 4) is 0 Å². The van der Waals surface area contributed by atoms with Gasteiger partial charge in [-0.1, -0.05) is 73.0 Å². The number of halogens is 1. The summed E-state index contributed by atoms with van der Waals surface area (Å²) in [6.45, 7) is 4.47. The van der Waals surface area contributed by atoms with Crippen LogP contribution in [-0.2, 0) is 5.75 Å². The SMILES string of the molecule is CCC/C(Br)=C(/CCC)SCc1ccccc1. The van der Waals surface area contributed by atoms with Crippen molar-refractivity contribution in [3.05, 3.63) is 45.3 Å². The number of thioether (sulfide) groups is 1. The Labute approximate surface area is 118 Å². The van der Waals surface area contributed by atoms with Gasteiger partial charge in [0.15, 0.2) is 0 Å². The summed E-state index contributed by atoms with van der Waals surface area (Å²) >= 11 is 5.72. The van der Waals surface area contributed by atoms with Gasteiger partial charge in [0.05, 0.1) is 0 Å². The normalized spacial score (nSPS) is 12.4. The van der Waals surface area contributed by atoms with Gasteiger partial charge < -0.3 is 0 Å². The highest BCUT2D eigenvalue weighted by Gasteiger charge is 2.04. The molecule has 1 aromatic carbocycles. The first-order chi connectivity index (χ1) is 8.27. The average molecular weight is 313 g/mol. The van der Waals surface area contributed by atoms with Crippen LogP contribution in [0.4, 0.5) is 0 Å². The third kappa shape index (κ3) is 5.78. The van der Waals surface area contributed by atoms with Crippen LogP contribution in [-0.4, -0.2) is 0 Å². The average Bonchev–Trinajstić information content (AvgIpc) is 2.36. The minimum absolute atomic E-state index is 1.08. The van der Waals surface area contributed by atoms with Gasteiger partial charge in [-0.3, -0.25) is 0 Å². The molecule has 0 bridgehead atoms. The largest absolute Gasteiger partial charge is 0.125 e. The van der Waals surface area contributed by atoms with E-state index in [1.807, 2.05) is 11.8 Å². The molecule has 0 N–H and O–H groups in total. The van der Waals surface area contributed by atoms with Gasteiger partial charge in [-0.2, -0.15) is 0 Å². The zero-order chi connectivity index (χ0) is 12.5. The van der Waals surface area contributed by atoms with Crippen LogP contribution in [0.2, 0.25) is 0 Å². The van der Waals surface area contributed by atoms with E-state index in [0.717, 1.165) is 12.2 Å². The third-order valence-corrected chi connectivity index (χ3v) is 4.92. The molecule has 0 amide bonds. The van der Waals surface area contributed by atoms with Gasteiger partial charge in [-0.15, -0.1) is 11.8 Å². The molecular weight excluding hydrogens is 292 g/mol. The van der Waals surface area contributed by atoms with Crippen LogP contribution >= 0.6 is 27.7 Å². The molecule has 0 spiro atoms. The van der Waals surface area contributed by atoms with Crippen molar-refractivity contribution in [1.82, 2.24) is 0 Å². The van der Waals surface area contributed by atoms with Crippen molar-refractivity contribution in [3.63, 3.8) is 0 Å². The first kappa shape index (κ1) is 14.8. The molecule has 0 atom stereocenters. The van der Waals surface area contributed by atoms with Crippen molar-refractivity contribution < 1.29 is 0 Å². The molecule has 0 fully saturated rings. The summed E-state index contributed by atoms with van der Waals surface area (Å²) in [5.74, 6) is 1.08. The van der Waals surface area contributed by atoms with Crippen molar-refractivity contribution in [1.29, 1.82) is 0 Å². The van der Waals surface area contributed by atoms with E-state index in [1.54, 1.807) is 0 Å². The second-order valence-electron chi connectivity index (χ2n) is 4.10. The van der Waals surface area contributed by atoms with Crippen LogP contribution < -0.4 is 0 Å². The lowest BCUT2D eigenvalue weighted by Crippen LogP contribution is -1.86. The molecule has 17 heavy (non-hydrogen) atoms. The van der Waals surface area contributed by atoms with Crippen molar-refractivity contribution in [2.24, 2.45) is 0 Å². The van der Waals surface area contributed by atoms with Crippen LogP contribution in [0, 0.1) is 0 Å². The molecule has 0 aliphatic heterocycles. The summed E-state index contributed by atoms with van der Waals surface area (Å²) in [5.41, 5.74) is 1.41. The van der Waals surface area contributed by atoms with Crippen LogP contribution in [0.25, 0.3) is 0 Å². The molecule has 0 radical (unpaired) electrons. The zero-order valence-electron chi connectivity index (χ0n) is 10.7. The second-order valence-corrected chi connectivity index (χ2v) is 6.13. The molecule has 1 aromatic rings. The van der Waals surface area contributed by atoms with Gasteiger partial charge in [0.25, 0.3) is 0 Å². The van der Waals surface area contributed by atoms with Crippen LogP contribution in [0.1, 0.15) is 45.1 Å². The van der Waals surface area contributed by atoms with Crippen molar-refractivity contribution >= 4 is 27.7 Å². The molecule has 2 heteroatoms. The highest BCUT2D eigenvalue weighted by molar-refractivity contribution is 9.11. The summed E-state index contributed by atoms with van der Waals surface area (Å²) in [6.07, 6.45) is 4.78. The molecule has 0 unspecified atom stereocenters. The van der Waals surface area contributed by atoms with E-state index in [2.05, 4.69) is 60.1 Å². The number of benzene rings is 1. The summed E-state index contributed by atoms with van der Waals surface area (Å²) in [7, 11) is 0. The molecule has 0 aliphatic carbocycles. The molecule has 0 aromatic heterocycles. The standard InChI is InChI=1S/C15H21BrS/c1-3-8-14(16)15(9-4-2)17-12-13-10-6-5-7-11-13/h5-7,10-11H,3-4,8-9,12H2,1-2H3/b15-14+. The molecule has 94 valence electrons. The Balaban J connectivity index is 2.59. The maximum absolute atomic E-state index is 3.74. The van der Waals surface area contributed by atoms with E-state index in [9.17, 15) is 0 Å². The Bertz CT molecular complexity index is 343. The molecule has 0 saturated heterocycles. The zero-order valence-corrected chi connectivity index (χ0v) is 13.1. The fourth-order valence-electron chi connectivity index (χ4n) is 1.62. The predicted octanol–water partition coefficient (Wildman–Crippen LogP) is 6.13. The van der Waals surface area contributed by atoms with E-state index in [0.29, 0.717) is 0 Å². The Hall–Kier alpha value is -0.210. The number of allylic oxidation sites excluding steroid dienone is 2. The minimum Gasteiger partial charge on any atom is -0.125 e. The highest BCUT2D eigenvalue weighted by Crippen LogP contribution is 2.32. The van der Waals surface area contributed by atoms with Crippen molar-refractivity contribution in [2.75, 3.05) is 0 Å². The maximum atomic E-state index is 3.74. The van der Waals surface area contributed by atoms with Gasteiger partial charge in [0.2, 0.25) is 0 Å². The summed E-state index contributed by atoms with van der Waals surface area (Å²) < 4.78 is 1.41. The molecule has 0 saturated carbocycles. The van der Waals surface area contributed by atoms with Crippen LogP contribution in [0.3, 0.4) is 0 Å². The summed E-state index contributed by atoms with van der Waals surface area (Å²) in [4.78, 5) is 1.53. The molecule has 0 aliphatic rings. The van der Waals surface area contributed by atoms with Crippen molar-refractivity contribution in [2.45, 2.75) is 45.3 Å². The minimum atomic E-state index is 1.08. The van der Waals surface area contributed by atoms with Crippen LogP contribution in [0.15, 0.2) is 39.7 Å². The van der Waals surface area contributed by atoms with E-state index in [1.165, 1.54) is 34.2 Å². The van der Waals surface area contributed by atoms with Gasteiger partial charge >= 0.3 is 0 Å². The smallest absolute Gasteiger partial charge is 0.0229 e. The quantitative estimate of drug-likeness (QED) is 0.584. The summed E-state index contributed by atoms with van der Waals surface area (Å²) in [6, 6.07) is 10.7. The lowest BCUT2D eigenvalue weighted by Gasteiger charge is -2.09. The van der Waals surface area contributed by atoms with Gasteiger partial charge in [0, 0.05) is 10.2 Å². The van der Waals surface area contributed by atoms with E-state index in [-0.39, 0.29) is 0 Å². The molecule has 1 rings (SSSR count). The van der Waals surface area contributed by atoms with E-state index < -0.39 is 0 Å². The molecule has 0 heterocycles. The number of hydrogen-bond donors (Lipinski definition) is 0. The lowest BCUT2D eigenvalue weighted by molar-refractivity contribution is 0.905. The fourth-order valence-corrected chi connectivity index (χ4v) is 3.70.